The molecule has 1 rings (SSSR count). The van der Waals surface area contributed by atoms with Gasteiger partial charge in [0.2, 0.25) is 0 Å². The molecule has 1 unspecified atom stereocenters. The van der Waals surface area contributed by atoms with Crippen molar-refractivity contribution < 1.29 is 5.11 Å². The molecule has 1 aromatic carbocycles. The summed E-state index contributed by atoms with van der Waals surface area (Å²) in [5.74, 6) is 0. The van der Waals surface area contributed by atoms with E-state index in [9.17, 15) is 5.11 Å². The number of nitrogens with two attached hydrogens (primary N) is 1. The molecule has 0 radical (unpaired) electrons. The Morgan fingerprint density at radius 2 is 2.00 bits per heavy atom. The van der Waals surface area contributed by atoms with E-state index in [1.165, 1.54) is 16.7 Å². The molecule has 1 atom stereocenters. The van der Waals surface area contributed by atoms with E-state index in [4.69, 9.17) is 5.73 Å². The summed E-state index contributed by atoms with van der Waals surface area (Å²) in [7, 11) is 0. The van der Waals surface area contributed by atoms with Crippen LogP contribution >= 0.6 is 0 Å². The van der Waals surface area contributed by atoms with Gasteiger partial charge in [-0.05, 0) is 50.8 Å². The molecule has 0 fully saturated rings. The monoisotopic (exact) mass is 207 g/mol. The zero-order chi connectivity index (χ0) is 11.3. The van der Waals surface area contributed by atoms with Gasteiger partial charge < -0.3 is 10.8 Å². The maximum Gasteiger partial charge on any atom is 0.0555 e. The predicted molar refractivity (Wildman–Crippen MR) is 63.9 cm³/mol. The van der Waals surface area contributed by atoms with Gasteiger partial charge in [-0.2, -0.15) is 0 Å². The number of benzene rings is 1. The second-order valence-electron chi connectivity index (χ2n) is 4.20. The largest absolute Gasteiger partial charge is 0.393 e. The number of aryl methyl sites for hydroxylation is 3. The Kier molecular flexibility index (Phi) is 4.79. The summed E-state index contributed by atoms with van der Waals surface area (Å²) in [6.45, 7) is 4.78. The van der Waals surface area contributed by atoms with E-state index >= 15 is 0 Å². The minimum atomic E-state index is -0.254. The Bertz CT molecular complexity index is 309. The van der Waals surface area contributed by atoms with Gasteiger partial charge in [-0.1, -0.05) is 23.8 Å². The molecule has 0 bridgehead atoms. The van der Waals surface area contributed by atoms with Crippen LogP contribution in [0.5, 0.6) is 0 Å². The number of hydrogen-bond acceptors (Lipinski definition) is 2. The van der Waals surface area contributed by atoms with Crippen LogP contribution in [0.4, 0.5) is 0 Å². The van der Waals surface area contributed by atoms with Crippen LogP contribution < -0.4 is 5.73 Å². The van der Waals surface area contributed by atoms with Gasteiger partial charge in [-0.15, -0.1) is 0 Å². The quantitative estimate of drug-likeness (QED) is 0.775. The number of aliphatic hydroxyl groups is 1. The van der Waals surface area contributed by atoms with Crippen LogP contribution in [0, 0.1) is 13.8 Å². The summed E-state index contributed by atoms with van der Waals surface area (Å²) in [4.78, 5) is 0. The normalized spacial score (nSPS) is 12.8. The van der Waals surface area contributed by atoms with Gasteiger partial charge in [0.15, 0.2) is 0 Å². The summed E-state index contributed by atoms with van der Waals surface area (Å²) in [5.41, 5.74) is 9.32. The van der Waals surface area contributed by atoms with E-state index < -0.39 is 0 Å². The van der Waals surface area contributed by atoms with E-state index in [2.05, 4.69) is 32.0 Å². The van der Waals surface area contributed by atoms with Crippen LogP contribution in [0.3, 0.4) is 0 Å². The van der Waals surface area contributed by atoms with Crippen LogP contribution in [-0.2, 0) is 6.42 Å². The fourth-order valence-corrected chi connectivity index (χ4v) is 1.79. The fourth-order valence-electron chi connectivity index (χ4n) is 1.79. The van der Waals surface area contributed by atoms with Crippen LogP contribution in [0.2, 0.25) is 0 Å². The van der Waals surface area contributed by atoms with Crippen molar-refractivity contribution in [2.24, 2.45) is 5.73 Å². The van der Waals surface area contributed by atoms with Gasteiger partial charge in [-0.25, -0.2) is 0 Å². The van der Waals surface area contributed by atoms with Crippen molar-refractivity contribution in [3.05, 3.63) is 34.9 Å². The predicted octanol–water partition coefficient (Wildman–Crippen LogP) is 1.95. The molecule has 84 valence electrons. The van der Waals surface area contributed by atoms with Gasteiger partial charge >= 0.3 is 0 Å². The van der Waals surface area contributed by atoms with E-state index in [-0.39, 0.29) is 6.10 Å². The van der Waals surface area contributed by atoms with E-state index in [1.54, 1.807) is 0 Å². The first-order chi connectivity index (χ1) is 7.13. The molecule has 1 aromatic rings. The van der Waals surface area contributed by atoms with E-state index in [0.29, 0.717) is 13.0 Å². The molecule has 0 aromatic heterocycles. The minimum absolute atomic E-state index is 0.254. The molecular formula is C13H21NO. The molecule has 3 N–H and O–H groups in total. The topological polar surface area (TPSA) is 46.2 Å². The highest BCUT2D eigenvalue weighted by molar-refractivity contribution is 5.30. The first-order valence-electron chi connectivity index (χ1n) is 5.57. The summed E-state index contributed by atoms with van der Waals surface area (Å²) in [5, 5.41) is 9.58. The Hall–Kier alpha value is -0.860. The minimum Gasteiger partial charge on any atom is -0.393 e. The fraction of sp³-hybridized carbons (Fsp3) is 0.538. The molecular weight excluding hydrogens is 186 g/mol. The SMILES string of the molecule is Cc1ccc(CCC(O)CCN)c(C)c1. The Morgan fingerprint density at radius 1 is 1.27 bits per heavy atom. The molecule has 0 amide bonds. The van der Waals surface area contributed by atoms with Gasteiger partial charge in [0.1, 0.15) is 0 Å². The third-order valence-electron chi connectivity index (χ3n) is 2.74. The average Bonchev–Trinajstić information content (AvgIpc) is 2.17. The van der Waals surface area contributed by atoms with Gasteiger partial charge in [0, 0.05) is 0 Å². The summed E-state index contributed by atoms with van der Waals surface area (Å²) in [6.07, 6.45) is 2.19. The third-order valence-corrected chi connectivity index (χ3v) is 2.74. The number of rotatable bonds is 5. The first kappa shape index (κ1) is 12.2. The molecule has 0 heterocycles. The van der Waals surface area contributed by atoms with Crippen molar-refractivity contribution in [2.45, 2.75) is 39.2 Å². The Balaban J connectivity index is 2.50. The third kappa shape index (κ3) is 4.02. The van der Waals surface area contributed by atoms with Crippen LogP contribution in [0.25, 0.3) is 0 Å². The second-order valence-corrected chi connectivity index (χ2v) is 4.20. The van der Waals surface area contributed by atoms with Crippen molar-refractivity contribution in [1.82, 2.24) is 0 Å². The molecule has 2 nitrogen and oxygen atoms in total. The molecule has 0 saturated heterocycles. The maximum absolute atomic E-state index is 9.58. The lowest BCUT2D eigenvalue weighted by atomic mass is 9.99. The highest BCUT2D eigenvalue weighted by atomic mass is 16.3. The van der Waals surface area contributed by atoms with Crippen LogP contribution in [0.15, 0.2) is 18.2 Å². The van der Waals surface area contributed by atoms with Gasteiger partial charge in [-0.3, -0.25) is 0 Å². The molecule has 0 aliphatic heterocycles. The highest BCUT2D eigenvalue weighted by Crippen LogP contribution is 2.13. The maximum atomic E-state index is 9.58. The summed E-state index contributed by atoms with van der Waals surface area (Å²) in [6, 6.07) is 6.46. The Morgan fingerprint density at radius 3 is 2.60 bits per heavy atom. The van der Waals surface area contributed by atoms with Crippen LogP contribution in [0.1, 0.15) is 29.5 Å². The lowest BCUT2D eigenvalue weighted by molar-refractivity contribution is 0.157. The van der Waals surface area contributed by atoms with Crippen LogP contribution in [-0.4, -0.2) is 17.8 Å². The van der Waals surface area contributed by atoms with Crippen molar-refractivity contribution in [3.8, 4) is 0 Å². The van der Waals surface area contributed by atoms with Gasteiger partial charge in [0.25, 0.3) is 0 Å². The number of hydrogen-bond donors (Lipinski definition) is 2. The smallest absolute Gasteiger partial charge is 0.0555 e. The van der Waals surface area contributed by atoms with Crippen molar-refractivity contribution in [1.29, 1.82) is 0 Å². The second kappa shape index (κ2) is 5.89. The van der Waals surface area contributed by atoms with Crippen molar-refractivity contribution in [3.63, 3.8) is 0 Å². The zero-order valence-corrected chi connectivity index (χ0v) is 9.66. The van der Waals surface area contributed by atoms with Crippen molar-refractivity contribution >= 4 is 0 Å². The lowest BCUT2D eigenvalue weighted by Gasteiger charge is -2.11. The standard InChI is InChI=1S/C13H21NO/c1-10-3-4-12(11(2)9-10)5-6-13(15)7-8-14/h3-4,9,13,15H,5-8,14H2,1-2H3. The van der Waals surface area contributed by atoms with Crippen molar-refractivity contribution in [2.75, 3.05) is 6.54 Å². The van der Waals surface area contributed by atoms with E-state index in [1.807, 2.05) is 0 Å². The first-order valence-corrected chi connectivity index (χ1v) is 5.57. The summed E-state index contributed by atoms with van der Waals surface area (Å²) >= 11 is 0. The lowest BCUT2D eigenvalue weighted by Crippen LogP contribution is -2.14. The van der Waals surface area contributed by atoms with E-state index in [0.717, 1.165) is 12.8 Å². The highest BCUT2D eigenvalue weighted by Gasteiger charge is 2.04. The molecule has 0 aliphatic rings. The molecule has 0 saturated carbocycles. The Labute approximate surface area is 92.1 Å². The average molecular weight is 207 g/mol. The molecule has 2 heteroatoms. The van der Waals surface area contributed by atoms with Gasteiger partial charge in [0.05, 0.1) is 6.10 Å². The summed E-state index contributed by atoms with van der Waals surface area (Å²) < 4.78 is 0. The number of aliphatic hydroxyl groups excluding tert-OH is 1. The molecule has 0 aliphatic carbocycles. The molecule has 15 heavy (non-hydrogen) atoms. The molecule has 0 spiro atoms. The zero-order valence-electron chi connectivity index (χ0n) is 9.66.